The van der Waals surface area contributed by atoms with Gasteiger partial charge in [0.15, 0.2) is 0 Å². The lowest BCUT2D eigenvalue weighted by Gasteiger charge is -2.43. The van der Waals surface area contributed by atoms with Crippen molar-refractivity contribution in [1.82, 2.24) is 15.0 Å². The molecule has 0 saturated carbocycles. The lowest BCUT2D eigenvalue weighted by Crippen LogP contribution is -2.46. The SMILES string of the molecule is NC(=O)c1noc(C2CN3CCC2CC3)n1. The number of carbonyl (C=O) groups excluding carboxylic acids is 1. The lowest BCUT2D eigenvalue weighted by molar-refractivity contribution is 0.0727. The highest BCUT2D eigenvalue weighted by atomic mass is 16.5. The van der Waals surface area contributed by atoms with Crippen molar-refractivity contribution in [1.29, 1.82) is 0 Å². The summed E-state index contributed by atoms with van der Waals surface area (Å²) >= 11 is 0. The maximum atomic E-state index is 10.9. The van der Waals surface area contributed by atoms with E-state index in [4.69, 9.17) is 10.3 Å². The van der Waals surface area contributed by atoms with Gasteiger partial charge in [-0.1, -0.05) is 5.16 Å². The molecule has 4 rings (SSSR count). The first kappa shape index (κ1) is 9.77. The molecular formula is C10H14N4O2. The van der Waals surface area contributed by atoms with E-state index in [1.807, 2.05) is 0 Å². The van der Waals surface area contributed by atoms with Crippen molar-refractivity contribution < 1.29 is 9.32 Å². The van der Waals surface area contributed by atoms with Gasteiger partial charge in [-0.05, 0) is 31.8 Å². The fourth-order valence-electron chi connectivity index (χ4n) is 2.73. The molecular weight excluding hydrogens is 208 g/mol. The number of nitrogens with two attached hydrogens (primary N) is 1. The predicted octanol–water partition coefficient (Wildman–Crippen LogP) is -0.0223. The third-order valence-electron chi connectivity index (χ3n) is 3.64. The molecule has 0 aromatic carbocycles. The first-order valence-electron chi connectivity index (χ1n) is 5.60. The molecule has 1 aromatic rings. The van der Waals surface area contributed by atoms with Crippen molar-refractivity contribution >= 4 is 5.91 Å². The van der Waals surface area contributed by atoms with Crippen LogP contribution < -0.4 is 5.73 Å². The highest BCUT2D eigenvalue weighted by molar-refractivity contribution is 5.88. The smallest absolute Gasteiger partial charge is 0.290 e. The van der Waals surface area contributed by atoms with Crippen LogP contribution in [-0.4, -0.2) is 40.6 Å². The number of aromatic nitrogens is 2. The fourth-order valence-corrected chi connectivity index (χ4v) is 2.73. The zero-order valence-electron chi connectivity index (χ0n) is 8.93. The minimum Gasteiger partial charge on any atom is -0.363 e. The molecule has 0 aliphatic carbocycles. The Labute approximate surface area is 92.8 Å². The quantitative estimate of drug-likeness (QED) is 0.760. The fraction of sp³-hybridized carbons (Fsp3) is 0.700. The van der Waals surface area contributed by atoms with Gasteiger partial charge in [0.1, 0.15) is 0 Å². The zero-order valence-corrected chi connectivity index (χ0v) is 8.93. The third-order valence-corrected chi connectivity index (χ3v) is 3.64. The summed E-state index contributed by atoms with van der Waals surface area (Å²) in [6.07, 6.45) is 2.36. The lowest BCUT2D eigenvalue weighted by atomic mass is 9.79. The molecule has 86 valence electrons. The van der Waals surface area contributed by atoms with Crippen LogP contribution in [0.5, 0.6) is 0 Å². The molecule has 1 unspecified atom stereocenters. The Morgan fingerprint density at radius 1 is 1.44 bits per heavy atom. The van der Waals surface area contributed by atoms with Gasteiger partial charge in [0.2, 0.25) is 5.89 Å². The number of primary amides is 1. The van der Waals surface area contributed by atoms with Crippen LogP contribution in [0.4, 0.5) is 0 Å². The highest BCUT2D eigenvalue weighted by Gasteiger charge is 2.38. The number of carbonyl (C=O) groups is 1. The van der Waals surface area contributed by atoms with E-state index in [9.17, 15) is 4.79 Å². The van der Waals surface area contributed by atoms with Crippen molar-refractivity contribution in [2.45, 2.75) is 18.8 Å². The van der Waals surface area contributed by atoms with Crippen LogP contribution in [0.25, 0.3) is 0 Å². The van der Waals surface area contributed by atoms with Gasteiger partial charge in [-0.2, -0.15) is 4.98 Å². The summed E-state index contributed by atoms with van der Waals surface area (Å²) in [5.41, 5.74) is 5.10. The van der Waals surface area contributed by atoms with Gasteiger partial charge in [-0.15, -0.1) is 0 Å². The summed E-state index contributed by atoms with van der Waals surface area (Å²) in [5.74, 6) is 0.834. The van der Waals surface area contributed by atoms with E-state index in [0.717, 1.165) is 19.6 Å². The van der Waals surface area contributed by atoms with E-state index < -0.39 is 5.91 Å². The van der Waals surface area contributed by atoms with Gasteiger partial charge >= 0.3 is 0 Å². The maximum Gasteiger partial charge on any atom is 0.290 e. The number of nitrogens with zero attached hydrogens (tertiary/aromatic N) is 3. The van der Waals surface area contributed by atoms with Crippen LogP contribution in [-0.2, 0) is 0 Å². The van der Waals surface area contributed by atoms with E-state index in [1.54, 1.807) is 0 Å². The number of hydrogen-bond acceptors (Lipinski definition) is 5. The van der Waals surface area contributed by atoms with Crippen LogP contribution >= 0.6 is 0 Å². The average Bonchev–Trinajstić information content (AvgIpc) is 2.80. The van der Waals surface area contributed by atoms with Crippen molar-refractivity contribution in [3.63, 3.8) is 0 Å². The molecule has 1 aromatic heterocycles. The van der Waals surface area contributed by atoms with Crippen molar-refractivity contribution in [2.24, 2.45) is 11.7 Å². The molecule has 1 atom stereocenters. The van der Waals surface area contributed by atoms with Gasteiger partial charge in [0.05, 0.1) is 5.92 Å². The summed E-state index contributed by atoms with van der Waals surface area (Å²) in [4.78, 5) is 17.4. The standard InChI is InChI=1S/C10H14N4O2/c11-8(15)9-12-10(16-13-9)7-5-14-3-1-6(7)2-4-14/h6-7H,1-5H2,(H2,11,15). The molecule has 0 radical (unpaired) electrons. The summed E-state index contributed by atoms with van der Waals surface area (Å²) in [6.45, 7) is 3.29. The number of hydrogen-bond donors (Lipinski definition) is 1. The first-order chi connectivity index (χ1) is 7.74. The molecule has 0 spiro atoms. The Bertz CT molecular complexity index is 409. The van der Waals surface area contributed by atoms with Crippen LogP contribution in [0.15, 0.2) is 4.52 Å². The van der Waals surface area contributed by atoms with Gasteiger partial charge in [0, 0.05) is 6.54 Å². The molecule has 3 saturated heterocycles. The Balaban J connectivity index is 1.83. The second-order valence-corrected chi connectivity index (χ2v) is 4.57. The third kappa shape index (κ3) is 1.49. The van der Waals surface area contributed by atoms with Crippen LogP contribution in [0.1, 0.15) is 35.3 Å². The summed E-state index contributed by atoms with van der Waals surface area (Å²) in [6, 6.07) is 0. The van der Waals surface area contributed by atoms with Crippen LogP contribution in [0, 0.1) is 5.92 Å². The van der Waals surface area contributed by atoms with E-state index in [-0.39, 0.29) is 11.7 Å². The Morgan fingerprint density at radius 2 is 2.19 bits per heavy atom. The van der Waals surface area contributed by atoms with E-state index in [0.29, 0.717) is 11.8 Å². The first-order valence-corrected chi connectivity index (χ1v) is 5.60. The largest absolute Gasteiger partial charge is 0.363 e. The Hall–Kier alpha value is -1.43. The second-order valence-electron chi connectivity index (χ2n) is 4.57. The maximum absolute atomic E-state index is 10.9. The summed E-state index contributed by atoms with van der Waals surface area (Å²) in [7, 11) is 0. The molecule has 2 N–H and O–H groups in total. The minimum atomic E-state index is -0.628. The van der Waals surface area contributed by atoms with E-state index in [2.05, 4.69) is 15.0 Å². The summed E-state index contributed by atoms with van der Waals surface area (Å²) in [5, 5.41) is 3.60. The molecule has 3 aliphatic rings. The Morgan fingerprint density at radius 3 is 2.69 bits per heavy atom. The Kier molecular flexibility index (Phi) is 2.17. The molecule has 2 bridgehead atoms. The second kappa shape index (κ2) is 3.55. The number of piperidine rings is 3. The number of rotatable bonds is 2. The number of fused-ring (bicyclic) bond motifs is 3. The number of amides is 1. The van der Waals surface area contributed by atoms with Gasteiger partial charge in [-0.25, -0.2) is 0 Å². The molecule has 4 heterocycles. The topological polar surface area (TPSA) is 85.2 Å². The van der Waals surface area contributed by atoms with E-state index >= 15 is 0 Å². The highest BCUT2D eigenvalue weighted by Crippen LogP contribution is 2.37. The molecule has 1 amide bonds. The van der Waals surface area contributed by atoms with Crippen molar-refractivity contribution in [3.05, 3.63) is 11.7 Å². The molecule has 6 nitrogen and oxygen atoms in total. The monoisotopic (exact) mass is 222 g/mol. The van der Waals surface area contributed by atoms with Gasteiger partial charge in [-0.3, -0.25) is 4.79 Å². The molecule has 6 heteroatoms. The summed E-state index contributed by atoms with van der Waals surface area (Å²) < 4.78 is 5.13. The molecule has 3 fully saturated rings. The van der Waals surface area contributed by atoms with Gasteiger partial charge < -0.3 is 15.2 Å². The predicted molar refractivity (Wildman–Crippen MR) is 54.7 cm³/mol. The van der Waals surface area contributed by atoms with Gasteiger partial charge in [0.25, 0.3) is 11.7 Å². The average molecular weight is 222 g/mol. The normalized spacial score (nSPS) is 32.9. The minimum absolute atomic E-state index is 0.00792. The van der Waals surface area contributed by atoms with Crippen molar-refractivity contribution in [2.75, 3.05) is 19.6 Å². The molecule has 16 heavy (non-hydrogen) atoms. The van der Waals surface area contributed by atoms with Crippen molar-refractivity contribution in [3.8, 4) is 0 Å². The van der Waals surface area contributed by atoms with Crippen LogP contribution in [0.2, 0.25) is 0 Å². The molecule has 3 aliphatic heterocycles. The zero-order chi connectivity index (χ0) is 11.1. The van der Waals surface area contributed by atoms with Crippen LogP contribution in [0.3, 0.4) is 0 Å². The van der Waals surface area contributed by atoms with E-state index in [1.165, 1.54) is 12.8 Å².